The summed E-state index contributed by atoms with van der Waals surface area (Å²) in [5.41, 5.74) is 5.76. The third-order valence-corrected chi connectivity index (χ3v) is 4.22. The van der Waals surface area contributed by atoms with Crippen molar-refractivity contribution in [2.45, 2.75) is 13.5 Å². The molecule has 10 nitrogen and oxygen atoms in total. The highest BCUT2D eigenvalue weighted by atomic mass is 79.9. The molecule has 0 atom stereocenters. The Kier molecular flexibility index (Phi) is 7.98. The molecule has 0 saturated carbocycles. The Labute approximate surface area is 181 Å². The molecule has 0 spiro atoms. The molecular weight excluding hydrogens is 460 g/mol. The normalized spacial score (nSPS) is 10.2. The van der Waals surface area contributed by atoms with Crippen molar-refractivity contribution in [1.82, 2.24) is 4.98 Å². The molecule has 1 amide bonds. The second kappa shape index (κ2) is 10.4. The van der Waals surface area contributed by atoms with Crippen molar-refractivity contribution in [1.29, 1.82) is 0 Å². The molecular formula is C19H21BrN4O6. The van der Waals surface area contributed by atoms with Gasteiger partial charge in [0.2, 0.25) is 5.82 Å². The summed E-state index contributed by atoms with van der Waals surface area (Å²) in [5.74, 6) is 0.637. The van der Waals surface area contributed by atoms with E-state index in [1.165, 1.54) is 13.2 Å². The second-order valence-corrected chi connectivity index (χ2v) is 6.67. The number of nitro groups is 1. The van der Waals surface area contributed by atoms with Crippen LogP contribution in [0.15, 0.2) is 41.5 Å². The maximum atomic E-state index is 12.7. The molecule has 30 heavy (non-hydrogen) atoms. The van der Waals surface area contributed by atoms with E-state index in [9.17, 15) is 14.9 Å². The smallest absolute Gasteiger partial charge is 0.414 e. The lowest BCUT2D eigenvalue weighted by Gasteiger charge is -2.23. The number of halogens is 1. The lowest BCUT2D eigenvalue weighted by Crippen LogP contribution is -2.32. The number of ether oxygens (including phenoxy) is 3. The number of carbonyl (C=O) groups excluding carboxylic acids is 1. The van der Waals surface area contributed by atoms with Crippen LogP contribution in [-0.4, -0.2) is 36.3 Å². The second-order valence-electron chi connectivity index (χ2n) is 5.86. The van der Waals surface area contributed by atoms with Crippen molar-refractivity contribution in [3.63, 3.8) is 0 Å². The average molecular weight is 481 g/mol. The summed E-state index contributed by atoms with van der Waals surface area (Å²) in [4.78, 5) is 28.6. The quantitative estimate of drug-likeness (QED) is 0.246. The molecule has 160 valence electrons. The van der Waals surface area contributed by atoms with Crippen molar-refractivity contribution in [3.8, 4) is 11.5 Å². The van der Waals surface area contributed by atoms with Gasteiger partial charge in [0.15, 0.2) is 0 Å². The zero-order valence-electron chi connectivity index (χ0n) is 16.5. The van der Waals surface area contributed by atoms with Gasteiger partial charge in [-0.05, 0) is 40.5 Å². The van der Waals surface area contributed by atoms with Crippen LogP contribution in [0.25, 0.3) is 0 Å². The number of amides is 1. The van der Waals surface area contributed by atoms with Gasteiger partial charge in [0.05, 0.1) is 25.2 Å². The van der Waals surface area contributed by atoms with Gasteiger partial charge < -0.3 is 19.9 Å². The fraction of sp³-hybridized carbons (Fsp3) is 0.263. The molecule has 0 saturated heterocycles. The van der Waals surface area contributed by atoms with Crippen LogP contribution in [-0.2, 0) is 11.3 Å². The summed E-state index contributed by atoms with van der Waals surface area (Å²) in [5, 5.41) is 11.6. The van der Waals surface area contributed by atoms with Gasteiger partial charge in [-0.3, -0.25) is 15.0 Å². The number of aromatic nitrogens is 1. The highest BCUT2D eigenvalue weighted by Gasteiger charge is 2.30. The Hall–Kier alpha value is -3.34. The largest absolute Gasteiger partial charge is 0.497 e. The van der Waals surface area contributed by atoms with Gasteiger partial charge in [-0.25, -0.2) is 9.78 Å². The molecule has 11 heteroatoms. The Morgan fingerprint density at radius 3 is 2.67 bits per heavy atom. The summed E-state index contributed by atoms with van der Waals surface area (Å²) in [7, 11) is 1.49. The third-order valence-electron chi connectivity index (χ3n) is 3.81. The van der Waals surface area contributed by atoms with E-state index in [4.69, 9.17) is 19.9 Å². The lowest BCUT2D eigenvalue weighted by molar-refractivity contribution is -0.383. The first-order valence-electron chi connectivity index (χ1n) is 8.77. The number of nitrogen functional groups attached to an aromatic ring is 1. The van der Waals surface area contributed by atoms with E-state index >= 15 is 0 Å². The summed E-state index contributed by atoms with van der Waals surface area (Å²) >= 11 is 3.16. The molecule has 1 heterocycles. The van der Waals surface area contributed by atoms with Crippen LogP contribution in [0, 0.1) is 10.1 Å². The molecule has 1 aromatic heterocycles. The van der Waals surface area contributed by atoms with E-state index in [1.807, 2.05) is 0 Å². The van der Waals surface area contributed by atoms with Gasteiger partial charge in [-0.15, -0.1) is 0 Å². The van der Waals surface area contributed by atoms with E-state index in [2.05, 4.69) is 27.5 Å². The number of nitrogens with zero attached hydrogens (tertiary/aromatic N) is 3. The number of nitrogens with two attached hydrogens (primary N) is 1. The van der Waals surface area contributed by atoms with Crippen molar-refractivity contribution >= 4 is 39.2 Å². The molecule has 2 N–H and O–H groups in total. The average Bonchev–Trinajstić information content (AvgIpc) is 2.69. The molecule has 0 aliphatic rings. The van der Waals surface area contributed by atoms with Crippen molar-refractivity contribution < 1.29 is 23.9 Å². The summed E-state index contributed by atoms with van der Waals surface area (Å²) in [6.07, 6.45) is 0.805. The first-order valence-corrected chi connectivity index (χ1v) is 9.56. The zero-order valence-corrected chi connectivity index (χ0v) is 18.0. The minimum Gasteiger partial charge on any atom is -0.497 e. The number of hydrogen-bond donors (Lipinski definition) is 1. The van der Waals surface area contributed by atoms with Crippen LogP contribution in [0.5, 0.6) is 11.5 Å². The van der Waals surface area contributed by atoms with Crippen LogP contribution in [0.2, 0.25) is 0 Å². The van der Waals surface area contributed by atoms with E-state index in [0.717, 1.165) is 4.90 Å². The van der Waals surface area contributed by atoms with Crippen molar-refractivity contribution in [2.75, 3.05) is 31.0 Å². The highest BCUT2D eigenvalue weighted by Crippen LogP contribution is 2.36. The molecule has 0 unspecified atom stereocenters. The summed E-state index contributed by atoms with van der Waals surface area (Å²) in [6.45, 7) is 5.52. The molecule has 0 aliphatic heterocycles. The van der Waals surface area contributed by atoms with Crippen LogP contribution < -0.4 is 20.1 Å². The van der Waals surface area contributed by atoms with Crippen LogP contribution >= 0.6 is 15.9 Å². The third kappa shape index (κ3) is 5.60. The number of hydrogen-bond acceptors (Lipinski definition) is 8. The lowest BCUT2D eigenvalue weighted by atomic mass is 10.1. The van der Waals surface area contributed by atoms with E-state index < -0.39 is 16.7 Å². The molecule has 2 aromatic rings. The van der Waals surface area contributed by atoms with E-state index in [0.29, 0.717) is 17.1 Å². The van der Waals surface area contributed by atoms with Gasteiger partial charge in [0.1, 0.15) is 28.4 Å². The minimum atomic E-state index is -0.783. The number of methoxy groups -OCH3 is 1. The molecule has 1 aromatic carbocycles. The fourth-order valence-electron chi connectivity index (χ4n) is 2.62. The molecule has 0 bridgehead atoms. The van der Waals surface area contributed by atoms with Gasteiger partial charge in [-0.1, -0.05) is 12.7 Å². The van der Waals surface area contributed by atoms with Crippen molar-refractivity contribution in [3.05, 3.63) is 57.2 Å². The predicted molar refractivity (Wildman–Crippen MR) is 115 cm³/mol. The topological polar surface area (TPSA) is 130 Å². The molecule has 2 rings (SSSR count). The minimum absolute atomic E-state index is 0.0609. The molecule has 0 radical (unpaired) electrons. The van der Waals surface area contributed by atoms with Crippen LogP contribution in [0.3, 0.4) is 0 Å². The fourth-order valence-corrected chi connectivity index (χ4v) is 3.02. The van der Waals surface area contributed by atoms with Crippen molar-refractivity contribution in [2.24, 2.45) is 0 Å². The zero-order chi connectivity index (χ0) is 22.3. The number of benzene rings is 1. The highest BCUT2D eigenvalue weighted by molar-refractivity contribution is 9.10. The number of anilines is 2. The number of carbonyl (C=O) groups is 1. The monoisotopic (exact) mass is 480 g/mol. The Bertz CT molecular complexity index is 953. The Morgan fingerprint density at radius 1 is 1.37 bits per heavy atom. The van der Waals surface area contributed by atoms with Crippen LogP contribution in [0.1, 0.15) is 12.5 Å². The maximum absolute atomic E-state index is 12.7. The number of rotatable bonds is 9. The standard InChI is InChI=1S/C19H21BrN4O6/c1-4-6-30-14-8-12(7-13(9-14)28-3)11-23(19(25)29-5-2)15-10-16(20)22-18(21)17(15)24(26)27/h4,7-10H,1,5-6,11H2,2-3H3,(H2,21,22). The first-order chi connectivity index (χ1) is 14.3. The first kappa shape index (κ1) is 22.9. The molecule has 0 aliphatic carbocycles. The van der Waals surface area contributed by atoms with Crippen LogP contribution in [0.4, 0.5) is 22.0 Å². The molecule has 0 fully saturated rings. The van der Waals surface area contributed by atoms with Gasteiger partial charge >= 0.3 is 11.8 Å². The summed E-state index contributed by atoms with van der Waals surface area (Å²) < 4.78 is 16.2. The SMILES string of the molecule is C=CCOc1cc(CN(C(=O)OCC)c2cc(Br)nc(N)c2[N+](=O)[O-])cc(OC)c1. The van der Waals surface area contributed by atoms with Gasteiger partial charge in [0, 0.05) is 12.1 Å². The van der Waals surface area contributed by atoms with Gasteiger partial charge in [-0.2, -0.15) is 0 Å². The maximum Gasteiger partial charge on any atom is 0.414 e. The predicted octanol–water partition coefficient (Wildman–Crippen LogP) is 4.07. The van der Waals surface area contributed by atoms with Gasteiger partial charge in [0.25, 0.3) is 0 Å². The Balaban J connectivity index is 2.56. The summed E-state index contributed by atoms with van der Waals surface area (Å²) in [6, 6.07) is 6.37. The Morgan fingerprint density at radius 2 is 2.07 bits per heavy atom. The number of pyridine rings is 1. The van der Waals surface area contributed by atoms with E-state index in [-0.39, 0.29) is 35.9 Å². The van der Waals surface area contributed by atoms with E-state index in [1.54, 1.807) is 31.2 Å².